The molecule has 1 fully saturated rings. The summed E-state index contributed by atoms with van der Waals surface area (Å²) >= 11 is 0. The molecule has 0 spiro atoms. The van der Waals surface area contributed by atoms with Crippen molar-refractivity contribution in [1.82, 2.24) is 14.9 Å². The van der Waals surface area contributed by atoms with Crippen molar-refractivity contribution in [3.05, 3.63) is 52.1 Å². The minimum atomic E-state index is -3.20. The second-order valence-electron chi connectivity index (χ2n) is 9.71. The molecule has 9 nitrogen and oxygen atoms in total. The van der Waals surface area contributed by atoms with E-state index in [4.69, 9.17) is 4.74 Å². The molecule has 1 aliphatic carbocycles. The number of aromatic amines is 1. The molecule has 0 atom stereocenters. The summed E-state index contributed by atoms with van der Waals surface area (Å²) in [7, 11) is -0.0973. The molecule has 0 saturated heterocycles. The van der Waals surface area contributed by atoms with Gasteiger partial charge in [-0.25, -0.2) is 13.2 Å². The van der Waals surface area contributed by atoms with Gasteiger partial charge in [-0.05, 0) is 48.9 Å². The highest BCUT2D eigenvalue weighted by Gasteiger charge is 2.32. The van der Waals surface area contributed by atoms with Gasteiger partial charge in [-0.15, -0.1) is 0 Å². The first-order chi connectivity index (χ1) is 16.6. The van der Waals surface area contributed by atoms with E-state index in [1.807, 2.05) is 30.6 Å². The van der Waals surface area contributed by atoms with Gasteiger partial charge in [0.2, 0.25) is 0 Å². The highest BCUT2D eigenvalue weighted by molar-refractivity contribution is 7.89. The van der Waals surface area contributed by atoms with E-state index >= 15 is 0 Å². The molecular weight excluding hydrogens is 468 g/mol. The standard InChI is InChI=1S/C25H30N4O5S/c1-28-13-20-19-10-15(14-35(3,32)33)4-9-21(19)29(12-16-11-26-23(22(16)20)24(28)30)18-7-5-17(6-8-18)27-25(31)34-2/h4,9-11,13,17-18,26H,5-8,12,14H2,1-3H3,(H,27,31)/t17-,18-. The molecule has 3 aromatic rings. The number of alkyl carbamates (subject to hydrolysis) is 1. The van der Waals surface area contributed by atoms with E-state index in [2.05, 4.69) is 15.2 Å². The summed E-state index contributed by atoms with van der Waals surface area (Å²) in [5, 5.41) is 3.81. The van der Waals surface area contributed by atoms with E-state index in [0.29, 0.717) is 12.1 Å². The second kappa shape index (κ2) is 8.75. The van der Waals surface area contributed by atoms with E-state index in [0.717, 1.165) is 59.0 Å². The Hall–Kier alpha value is -3.27. The average Bonchev–Trinajstić information content (AvgIpc) is 3.18. The van der Waals surface area contributed by atoms with Gasteiger partial charge < -0.3 is 24.5 Å². The molecule has 1 aliphatic heterocycles. The van der Waals surface area contributed by atoms with Crippen molar-refractivity contribution in [1.29, 1.82) is 0 Å². The predicted molar refractivity (Wildman–Crippen MR) is 135 cm³/mol. The van der Waals surface area contributed by atoms with Crippen LogP contribution in [0.25, 0.3) is 22.0 Å². The van der Waals surface area contributed by atoms with Gasteiger partial charge >= 0.3 is 6.09 Å². The van der Waals surface area contributed by atoms with Gasteiger partial charge in [0.05, 0.1) is 12.9 Å². The number of nitrogens with one attached hydrogen (secondary N) is 2. The first-order valence-corrected chi connectivity index (χ1v) is 13.8. The van der Waals surface area contributed by atoms with Crippen LogP contribution >= 0.6 is 0 Å². The number of carbonyl (C=O) groups excluding carboxylic acids is 1. The largest absolute Gasteiger partial charge is 0.453 e. The number of aromatic nitrogens is 2. The van der Waals surface area contributed by atoms with Crippen molar-refractivity contribution >= 4 is 32.5 Å². The number of fused-ring (bicyclic) bond motifs is 2. The Kier molecular flexibility index (Phi) is 5.86. The smallest absolute Gasteiger partial charge is 0.407 e. The van der Waals surface area contributed by atoms with Crippen LogP contribution in [0.4, 0.5) is 10.5 Å². The third-order valence-corrected chi connectivity index (χ3v) is 8.02. The molecule has 1 saturated carbocycles. The minimum absolute atomic E-state index is 0.0422. The van der Waals surface area contributed by atoms with Crippen molar-refractivity contribution in [2.24, 2.45) is 7.05 Å². The number of H-pyrrole nitrogens is 1. The van der Waals surface area contributed by atoms with E-state index in [-0.39, 0.29) is 23.4 Å². The van der Waals surface area contributed by atoms with Gasteiger partial charge in [0, 0.05) is 66.5 Å². The van der Waals surface area contributed by atoms with E-state index < -0.39 is 15.9 Å². The fourth-order valence-electron chi connectivity index (χ4n) is 5.56. The maximum Gasteiger partial charge on any atom is 0.407 e. The van der Waals surface area contributed by atoms with Crippen LogP contribution in [-0.4, -0.2) is 49.5 Å². The Morgan fingerprint density at radius 1 is 1.20 bits per heavy atom. The van der Waals surface area contributed by atoms with Crippen LogP contribution in [0.15, 0.2) is 35.4 Å². The lowest BCUT2D eigenvalue weighted by Gasteiger charge is -2.38. The molecular formula is C25H30N4O5S. The summed E-state index contributed by atoms with van der Waals surface area (Å²) in [5.74, 6) is -0.0422. The molecule has 0 radical (unpaired) electrons. The lowest BCUT2D eigenvalue weighted by atomic mass is 9.89. The number of anilines is 1. The molecule has 10 heteroatoms. The van der Waals surface area contributed by atoms with Gasteiger partial charge in [-0.3, -0.25) is 4.79 Å². The summed E-state index contributed by atoms with van der Waals surface area (Å²) in [4.78, 5) is 30.0. The summed E-state index contributed by atoms with van der Waals surface area (Å²) in [6, 6.07) is 6.18. The van der Waals surface area contributed by atoms with Crippen molar-refractivity contribution < 1.29 is 17.9 Å². The Balaban J connectivity index is 1.59. The molecule has 3 heterocycles. The van der Waals surface area contributed by atoms with Gasteiger partial charge in [0.15, 0.2) is 9.84 Å². The lowest BCUT2D eigenvalue weighted by molar-refractivity contribution is 0.162. The maximum atomic E-state index is 12.8. The Bertz CT molecular complexity index is 1460. The number of aryl methyl sites for hydroxylation is 1. The molecule has 2 aliphatic rings. The highest BCUT2D eigenvalue weighted by atomic mass is 32.2. The third-order valence-electron chi connectivity index (χ3n) is 7.16. The van der Waals surface area contributed by atoms with Gasteiger partial charge in [0.25, 0.3) is 5.56 Å². The van der Waals surface area contributed by atoms with Crippen LogP contribution in [0.1, 0.15) is 36.8 Å². The fraction of sp³-hybridized carbons (Fsp3) is 0.440. The Morgan fingerprint density at radius 2 is 1.94 bits per heavy atom. The van der Waals surface area contributed by atoms with Crippen molar-refractivity contribution in [3.63, 3.8) is 0 Å². The third kappa shape index (κ3) is 4.42. The topological polar surface area (TPSA) is 114 Å². The van der Waals surface area contributed by atoms with Crippen LogP contribution in [-0.2, 0) is 33.9 Å². The first-order valence-electron chi connectivity index (χ1n) is 11.8. The molecule has 186 valence electrons. The summed E-state index contributed by atoms with van der Waals surface area (Å²) < 4.78 is 30.4. The summed E-state index contributed by atoms with van der Waals surface area (Å²) in [6.45, 7) is 0.637. The van der Waals surface area contributed by atoms with Gasteiger partial charge in [-0.2, -0.15) is 0 Å². The zero-order valence-corrected chi connectivity index (χ0v) is 20.9. The highest BCUT2D eigenvalue weighted by Crippen LogP contribution is 2.43. The zero-order valence-electron chi connectivity index (χ0n) is 20.1. The number of amides is 1. The maximum absolute atomic E-state index is 12.8. The van der Waals surface area contributed by atoms with Crippen molar-refractivity contribution in [2.75, 3.05) is 18.3 Å². The van der Waals surface area contributed by atoms with Crippen LogP contribution in [0, 0.1) is 0 Å². The molecule has 2 N–H and O–H groups in total. The Labute approximate surface area is 204 Å². The normalized spacial score (nSPS) is 19.8. The number of pyridine rings is 1. The fourth-order valence-corrected chi connectivity index (χ4v) is 6.34. The summed E-state index contributed by atoms with van der Waals surface area (Å²) in [6.07, 6.45) is 8.06. The number of carbonyl (C=O) groups is 1. The van der Waals surface area contributed by atoms with Crippen molar-refractivity contribution in [2.45, 2.75) is 50.1 Å². The first kappa shape index (κ1) is 23.5. The predicted octanol–water partition coefficient (Wildman–Crippen LogP) is 3.07. The van der Waals surface area contributed by atoms with Crippen molar-refractivity contribution in [3.8, 4) is 11.1 Å². The quantitative estimate of drug-likeness (QED) is 0.572. The van der Waals surface area contributed by atoms with Crippen LogP contribution in [0.5, 0.6) is 0 Å². The van der Waals surface area contributed by atoms with Crippen LogP contribution in [0.2, 0.25) is 0 Å². The number of rotatable bonds is 4. The number of ether oxygens (including phenoxy) is 1. The molecule has 0 bridgehead atoms. The average molecular weight is 499 g/mol. The summed E-state index contributed by atoms with van der Waals surface area (Å²) in [5.41, 5.74) is 5.12. The molecule has 5 rings (SSSR count). The lowest BCUT2D eigenvalue weighted by Crippen LogP contribution is -2.44. The van der Waals surface area contributed by atoms with Crippen LogP contribution in [0.3, 0.4) is 0 Å². The SMILES string of the molecule is COC(=O)N[C@H]1CC[C@H](N2Cc3c[nH]c4c(=O)n(C)cc(c34)-c3cc(CS(C)(=O)=O)ccc32)CC1. The number of nitrogens with zero attached hydrogens (tertiary/aromatic N) is 2. The Morgan fingerprint density at radius 3 is 2.63 bits per heavy atom. The second-order valence-corrected chi connectivity index (χ2v) is 11.9. The monoisotopic (exact) mass is 498 g/mol. The van der Waals surface area contributed by atoms with Crippen LogP contribution < -0.4 is 15.8 Å². The molecule has 2 aromatic heterocycles. The number of sulfone groups is 1. The van der Waals surface area contributed by atoms with E-state index in [1.54, 1.807) is 11.6 Å². The molecule has 0 unspecified atom stereocenters. The molecule has 1 amide bonds. The van der Waals surface area contributed by atoms with E-state index in [9.17, 15) is 18.0 Å². The van der Waals surface area contributed by atoms with E-state index in [1.165, 1.54) is 13.4 Å². The number of hydrogen-bond acceptors (Lipinski definition) is 6. The molecule has 1 aromatic carbocycles. The number of benzene rings is 1. The van der Waals surface area contributed by atoms with Gasteiger partial charge in [-0.1, -0.05) is 6.07 Å². The zero-order chi connectivity index (χ0) is 24.9. The number of hydrogen-bond donors (Lipinski definition) is 2. The minimum Gasteiger partial charge on any atom is -0.453 e. The van der Waals surface area contributed by atoms with Gasteiger partial charge in [0.1, 0.15) is 5.52 Å². The number of methoxy groups -OCH3 is 1. The molecule has 35 heavy (non-hydrogen) atoms.